The van der Waals surface area contributed by atoms with E-state index in [-0.39, 0.29) is 13.0 Å². The van der Waals surface area contributed by atoms with Crippen LogP contribution in [-0.4, -0.2) is 27.0 Å². The van der Waals surface area contributed by atoms with E-state index in [1.807, 2.05) is 0 Å². The lowest BCUT2D eigenvalue weighted by Gasteiger charge is -2.07. The second-order valence-electron chi connectivity index (χ2n) is 3.47. The molecule has 0 aliphatic rings. The molecule has 0 bridgehead atoms. The standard InChI is InChI=1S/C10H11F2NO3S/c1-17(15,16)8-3-2-6(11)9(10(8)12)7(14)4-5-13/h2-3H,4-5,13H2,1H3. The maximum atomic E-state index is 13.7. The Morgan fingerprint density at radius 1 is 1.35 bits per heavy atom. The van der Waals surface area contributed by atoms with Crippen LogP contribution in [0.2, 0.25) is 0 Å². The third-order valence-corrected chi connectivity index (χ3v) is 3.22. The summed E-state index contributed by atoms with van der Waals surface area (Å²) in [5, 5.41) is 0. The Bertz CT molecular complexity index is 555. The normalized spacial score (nSPS) is 11.5. The molecular formula is C10H11F2NO3S. The third kappa shape index (κ3) is 2.86. The number of benzene rings is 1. The van der Waals surface area contributed by atoms with Gasteiger partial charge in [0.2, 0.25) is 0 Å². The number of carbonyl (C=O) groups excluding carboxylic acids is 1. The Labute approximate surface area is 97.3 Å². The molecule has 0 atom stereocenters. The van der Waals surface area contributed by atoms with E-state index in [4.69, 9.17) is 5.73 Å². The average Bonchev–Trinajstić information content (AvgIpc) is 2.15. The Balaban J connectivity index is 3.46. The van der Waals surface area contributed by atoms with Crippen LogP contribution in [0.5, 0.6) is 0 Å². The summed E-state index contributed by atoms with van der Waals surface area (Å²) in [4.78, 5) is 10.7. The number of nitrogens with two attached hydrogens (primary N) is 1. The molecule has 0 spiro atoms. The van der Waals surface area contributed by atoms with E-state index >= 15 is 0 Å². The average molecular weight is 263 g/mol. The number of hydrogen-bond acceptors (Lipinski definition) is 4. The zero-order valence-corrected chi connectivity index (χ0v) is 9.85. The van der Waals surface area contributed by atoms with Crippen molar-refractivity contribution < 1.29 is 22.0 Å². The lowest BCUT2D eigenvalue weighted by atomic mass is 10.1. The first kappa shape index (κ1) is 13.7. The Morgan fingerprint density at radius 2 is 1.94 bits per heavy atom. The number of Topliss-reactive ketones (excluding diaryl/α,β-unsaturated/α-hetero) is 1. The van der Waals surface area contributed by atoms with E-state index < -0.39 is 37.7 Å². The quantitative estimate of drug-likeness (QED) is 0.646. The molecule has 0 aliphatic carbocycles. The van der Waals surface area contributed by atoms with Gasteiger partial charge in [0.15, 0.2) is 21.4 Å². The zero-order chi connectivity index (χ0) is 13.2. The van der Waals surface area contributed by atoms with Crippen LogP contribution in [0.25, 0.3) is 0 Å². The summed E-state index contributed by atoms with van der Waals surface area (Å²) in [7, 11) is -3.85. The fourth-order valence-electron chi connectivity index (χ4n) is 1.33. The molecule has 0 aliphatic heterocycles. The van der Waals surface area contributed by atoms with E-state index in [1.165, 1.54) is 0 Å². The van der Waals surface area contributed by atoms with Crippen molar-refractivity contribution in [2.45, 2.75) is 11.3 Å². The van der Waals surface area contributed by atoms with E-state index in [2.05, 4.69) is 0 Å². The summed E-state index contributed by atoms with van der Waals surface area (Å²) in [5.41, 5.74) is 4.26. The van der Waals surface area contributed by atoms with Crippen molar-refractivity contribution in [3.8, 4) is 0 Å². The van der Waals surface area contributed by atoms with Gasteiger partial charge >= 0.3 is 0 Å². The highest BCUT2D eigenvalue weighted by Gasteiger charge is 2.23. The van der Waals surface area contributed by atoms with Crippen molar-refractivity contribution in [2.75, 3.05) is 12.8 Å². The maximum absolute atomic E-state index is 13.7. The Kier molecular flexibility index (Phi) is 3.94. The highest BCUT2D eigenvalue weighted by atomic mass is 32.2. The summed E-state index contributed by atoms with van der Waals surface area (Å²) in [5.74, 6) is -3.30. The summed E-state index contributed by atoms with van der Waals surface area (Å²) < 4.78 is 49.4. The van der Waals surface area contributed by atoms with Crippen molar-refractivity contribution in [1.29, 1.82) is 0 Å². The molecule has 0 radical (unpaired) electrons. The largest absolute Gasteiger partial charge is 0.330 e. The molecule has 1 aromatic carbocycles. The first-order valence-electron chi connectivity index (χ1n) is 4.70. The van der Waals surface area contributed by atoms with E-state index in [0.29, 0.717) is 0 Å². The molecular weight excluding hydrogens is 252 g/mol. The van der Waals surface area contributed by atoms with Gasteiger partial charge in [0.05, 0.1) is 5.56 Å². The minimum atomic E-state index is -3.85. The van der Waals surface area contributed by atoms with Crippen LogP contribution in [0.4, 0.5) is 8.78 Å². The number of rotatable bonds is 4. The van der Waals surface area contributed by atoms with Crippen molar-refractivity contribution in [1.82, 2.24) is 0 Å². The van der Waals surface area contributed by atoms with Crippen LogP contribution in [0.1, 0.15) is 16.8 Å². The summed E-state index contributed by atoms with van der Waals surface area (Å²) >= 11 is 0. The highest BCUT2D eigenvalue weighted by Crippen LogP contribution is 2.22. The molecule has 0 saturated heterocycles. The molecule has 0 unspecified atom stereocenters. The van der Waals surface area contributed by atoms with Crippen molar-refractivity contribution in [3.63, 3.8) is 0 Å². The Hall–Kier alpha value is -1.34. The molecule has 2 N–H and O–H groups in total. The summed E-state index contributed by atoms with van der Waals surface area (Å²) in [6.07, 6.45) is 0.529. The maximum Gasteiger partial charge on any atom is 0.178 e. The first-order chi connectivity index (χ1) is 7.79. The summed E-state index contributed by atoms with van der Waals surface area (Å²) in [6.45, 7) is -0.0686. The van der Waals surface area contributed by atoms with Gasteiger partial charge in [-0.05, 0) is 18.7 Å². The third-order valence-electron chi connectivity index (χ3n) is 2.11. The van der Waals surface area contributed by atoms with Crippen LogP contribution in [0.15, 0.2) is 17.0 Å². The number of hydrogen-bond donors (Lipinski definition) is 1. The molecule has 0 amide bonds. The second-order valence-corrected chi connectivity index (χ2v) is 5.45. The van der Waals surface area contributed by atoms with Gasteiger partial charge in [0.25, 0.3) is 0 Å². The number of ketones is 1. The second kappa shape index (κ2) is 4.89. The lowest BCUT2D eigenvalue weighted by molar-refractivity contribution is 0.0976. The summed E-state index contributed by atoms with van der Waals surface area (Å²) in [6, 6.07) is 1.54. The molecule has 1 aromatic rings. The predicted octanol–water partition coefficient (Wildman–Crippen LogP) is 0.900. The fraction of sp³-hybridized carbons (Fsp3) is 0.300. The highest BCUT2D eigenvalue weighted by molar-refractivity contribution is 7.90. The molecule has 0 saturated carbocycles. The van der Waals surface area contributed by atoms with Crippen molar-refractivity contribution in [2.24, 2.45) is 5.73 Å². The van der Waals surface area contributed by atoms with Crippen molar-refractivity contribution >= 4 is 15.6 Å². The van der Waals surface area contributed by atoms with E-state index in [0.717, 1.165) is 18.4 Å². The van der Waals surface area contributed by atoms with Gasteiger partial charge < -0.3 is 5.73 Å². The molecule has 4 nitrogen and oxygen atoms in total. The first-order valence-corrected chi connectivity index (χ1v) is 6.59. The van der Waals surface area contributed by atoms with E-state index in [1.54, 1.807) is 0 Å². The fourth-order valence-corrected chi connectivity index (χ4v) is 2.07. The van der Waals surface area contributed by atoms with Crippen LogP contribution >= 0.6 is 0 Å². The van der Waals surface area contributed by atoms with Gasteiger partial charge in [-0.1, -0.05) is 0 Å². The molecule has 0 heterocycles. The Morgan fingerprint density at radius 3 is 2.41 bits per heavy atom. The van der Waals surface area contributed by atoms with Crippen molar-refractivity contribution in [3.05, 3.63) is 29.3 Å². The van der Waals surface area contributed by atoms with Crippen LogP contribution in [-0.2, 0) is 9.84 Å². The molecule has 0 fully saturated rings. The molecule has 94 valence electrons. The minimum Gasteiger partial charge on any atom is -0.330 e. The van der Waals surface area contributed by atoms with Crippen LogP contribution in [0.3, 0.4) is 0 Å². The van der Waals surface area contributed by atoms with E-state index in [9.17, 15) is 22.0 Å². The minimum absolute atomic E-state index is 0.0686. The van der Waals surface area contributed by atoms with Crippen LogP contribution in [0, 0.1) is 11.6 Å². The van der Waals surface area contributed by atoms with Gasteiger partial charge in [0, 0.05) is 12.7 Å². The number of halogens is 2. The predicted molar refractivity (Wildman–Crippen MR) is 57.5 cm³/mol. The van der Waals surface area contributed by atoms with Gasteiger partial charge in [-0.15, -0.1) is 0 Å². The molecule has 7 heteroatoms. The SMILES string of the molecule is CS(=O)(=O)c1ccc(F)c(C(=O)CCN)c1F. The smallest absolute Gasteiger partial charge is 0.178 e. The van der Waals surface area contributed by atoms with Gasteiger partial charge in [0.1, 0.15) is 10.7 Å². The van der Waals surface area contributed by atoms with Gasteiger partial charge in [-0.2, -0.15) is 0 Å². The molecule has 0 aromatic heterocycles. The zero-order valence-electron chi connectivity index (χ0n) is 9.04. The lowest BCUT2D eigenvalue weighted by Crippen LogP contribution is -2.14. The number of sulfone groups is 1. The molecule has 17 heavy (non-hydrogen) atoms. The van der Waals surface area contributed by atoms with Gasteiger partial charge in [-0.3, -0.25) is 4.79 Å². The topological polar surface area (TPSA) is 77.2 Å². The molecule has 1 rings (SSSR count). The monoisotopic (exact) mass is 263 g/mol. The van der Waals surface area contributed by atoms with Gasteiger partial charge in [-0.25, -0.2) is 17.2 Å². The van der Waals surface area contributed by atoms with Crippen LogP contribution < -0.4 is 5.73 Å². The number of carbonyl (C=O) groups is 1.